The minimum absolute atomic E-state index is 0.128. The van der Waals surface area contributed by atoms with E-state index in [0.717, 1.165) is 36.2 Å². The van der Waals surface area contributed by atoms with E-state index >= 15 is 0 Å². The van der Waals surface area contributed by atoms with E-state index in [1.165, 1.54) is 17.0 Å². The van der Waals surface area contributed by atoms with Crippen molar-refractivity contribution in [3.8, 4) is 5.69 Å². The Balaban J connectivity index is 1.90. The van der Waals surface area contributed by atoms with E-state index in [9.17, 15) is 14.0 Å². The molecule has 2 aromatic rings. The SMILES string of the molecule is CC(C)C[C@@H](NC(=O)c1nn(-c2ccc(F)cc2)c2c1CCC2)C(=O)N(C)C. The van der Waals surface area contributed by atoms with Crippen LogP contribution >= 0.6 is 0 Å². The number of fused-ring (bicyclic) bond motifs is 1. The number of benzene rings is 1. The Morgan fingerprint density at radius 3 is 2.50 bits per heavy atom. The number of aromatic nitrogens is 2. The maximum atomic E-state index is 13.3. The second-order valence-electron chi connectivity index (χ2n) is 7.90. The van der Waals surface area contributed by atoms with Gasteiger partial charge in [-0.15, -0.1) is 0 Å². The summed E-state index contributed by atoms with van der Waals surface area (Å²) in [5.74, 6) is -0.516. The van der Waals surface area contributed by atoms with Crippen LogP contribution in [0.5, 0.6) is 0 Å². The van der Waals surface area contributed by atoms with Crippen LogP contribution < -0.4 is 5.32 Å². The van der Waals surface area contributed by atoms with Crippen LogP contribution in [0.15, 0.2) is 24.3 Å². The van der Waals surface area contributed by atoms with Gasteiger partial charge in [-0.25, -0.2) is 9.07 Å². The number of nitrogens with one attached hydrogen (secondary N) is 1. The van der Waals surface area contributed by atoms with Gasteiger partial charge < -0.3 is 10.2 Å². The molecule has 1 N–H and O–H groups in total. The minimum atomic E-state index is -0.587. The van der Waals surface area contributed by atoms with Crippen molar-refractivity contribution in [3.63, 3.8) is 0 Å². The Hall–Kier alpha value is -2.70. The normalized spacial score (nSPS) is 14.1. The van der Waals surface area contributed by atoms with Crippen LogP contribution in [0.1, 0.15) is 48.4 Å². The average molecular weight is 386 g/mol. The van der Waals surface area contributed by atoms with Crippen LogP contribution in [0.2, 0.25) is 0 Å². The Bertz CT molecular complexity index is 871. The van der Waals surface area contributed by atoms with Crippen molar-refractivity contribution in [2.45, 2.75) is 45.6 Å². The smallest absolute Gasteiger partial charge is 0.272 e. The maximum Gasteiger partial charge on any atom is 0.272 e. The summed E-state index contributed by atoms with van der Waals surface area (Å²) in [4.78, 5) is 27.0. The summed E-state index contributed by atoms with van der Waals surface area (Å²) in [6.07, 6.45) is 3.10. The molecule has 0 radical (unpaired) electrons. The molecule has 2 amide bonds. The zero-order valence-electron chi connectivity index (χ0n) is 16.8. The van der Waals surface area contributed by atoms with Gasteiger partial charge in [-0.1, -0.05) is 13.8 Å². The largest absolute Gasteiger partial charge is 0.347 e. The predicted molar refractivity (Wildman–Crippen MR) is 105 cm³/mol. The zero-order valence-corrected chi connectivity index (χ0v) is 16.8. The summed E-state index contributed by atoms with van der Waals surface area (Å²) in [6, 6.07) is 5.48. The van der Waals surface area contributed by atoms with Crippen molar-refractivity contribution in [2.24, 2.45) is 5.92 Å². The van der Waals surface area contributed by atoms with Gasteiger partial charge in [-0.3, -0.25) is 9.59 Å². The van der Waals surface area contributed by atoms with Crippen LogP contribution in [0, 0.1) is 11.7 Å². The third-order valence-corrected chi connectivity index (χ3v) is 4.97. The first-order valence-corrected chi connectivity index (χ1v) is 9.66. The fourth-order valence-electron chi connectivity index (χ4n) is 3.65. The quantitative estimate of drug-likeness (QED) is 0.830. The Labute approximate surface area is 164 Å². The molecular weight excluding hydrogens is 359 g/mol. The van der Waals surface area contributed by atoms with Gasteiger partial charge in [-0.2, -0.15) is 5.10 Å². The molecule has 0 spiro atoms. The summed E-state index contributed by atoms with van der Waals surface area (Å²) in [5.41, 5.74) is 2.98. The van der Waals surface area contributed by atoms with Gasteiger partial charge in [0, 0.05) is 25.4 Å². The zero-order chi connectivity index (χ0) is 20.4. The summed E-state index contributed by atoms with van der Waals surface area (Å²) < 4.78 is 15.0. The van der Waals surface area contributed by atoms with Crippen molar-refractivity contribution < 1.29 is 14.0 Å². The van der Waals surface area contributed by atoms with Gasteiger partial charge in [0.05, 0.1) is 5.69 Å². The van der Waals surface area contributed by atoms with Crippen LogP contribution in [0.25, 0.3) is 5.69 Å². The van der Waals surface area contributed by atoms with E-state index in [4.69, 9.17) is 0 Å². The monoisotopic (exact) mass is 386 g/mol. The molecule has 150 valence electrons. The third-order valence-electron chi connectivity index (χ3n) is 4.97. The molecule has 3 rings (SSSR count). The van der Waals surface area contributed by atoms with E-state index in [2.05, 4.69) is 10.4 Å². The Morgan fingerprint density at radius 2 is 1.89 bits per heavy atom. The van der Waals surface area contributed by atoms with E-state index in [0.29, 0.717) is 12.1 Å². The second-order valence-corrected chi connectivity index (χ2v) is 7.90. The fourth-order valence-corrected chi connectivity index (χ4v) is 3.65. The third kappa shape index (κ3) is 4.08. The lowest BCUT2D eigenvalue weighted by molar-refractivity contribution is -0.131. The van der Waals surface area contributed by atoms with Crippen molar-refractivity contribution in [1.82, 2.24) is 20.0 Å². The van der Waals surface area contributed by atoms with Crippen molar-refractivity contribution >= 4 is 11.8 Å². The summed E-state index contributed by atoms with van der Waals surface area (Å²) in [6.45, 7) is 4.03. The highest BCUT2D eigenvalue weighted by molar-refractivity contribution is 5.97. The molecule has 1 aliphatic carbocycles. The molecule has 0 saturated heterocycles. The van der Waals surface area contributed by atoms with Crippen molar-refractivity contribution in [3.05, 3.63) is 47.0 Å². The van der Waals surface area contributed by atoms with Gasteiger partial charge in [-0.05, 0) is 55.9 Å². The lowest BCUT2D eigenvalue weighted by Crippen LogP contribution is -2.47. The standard InChI is InChI=1S/C21H27FN4O2/c1-13(2)12-17(21(28)25(3)4)23-20(27)19-16-6-5-7-18(16)26(24-19)15-10-8-14(22)9-11-15/h8-11,13,17H,5-7,12H2,1-4H3,(H,23,27)/t17-/m1/s1. The highest BCUT2D eigenvalue weighted by atomic mass is 19.1. The summed E-state index contributed by atoms with van der Waals surface area (Å²) >= 11 is 0. The minimum Gasteiger partial charge on any atom is -0.347 e. The molecule has 1 aromatic carbocycles. The molecule has 1 aliphatic rings. The summed E-state index contributed by atoms with van der Waals surface area (Å²) in [7, 11) is 3.37. The van der Waals surface area contributed by atoms with E-state index in [-0.39, 0.29) is 23.5 Å². The molecule has 1 atom stereocenters. The first-order valence-electron chi connectivity index (χ1n) is 9.66. The van der Waals surface area contributed by atoms with Crippen molar-refractivity contribution in [1.29, 1.82) is 0 Å². The molecule has 1 aromatic heterocycles. The van der Waals surface area contributed by atoms with Crippen LogP contribution in [0.4, 0.5) is 4.39 Å². The molecular formula is C21H27FN4O2. The number of carbonyl (C=O) groups is 2. The Morgan fingerprint density at radius 1 is 1.21 bits per heavy atom. The van der Waals surface area contributed by atoms with Gasteiger partial charge >= 0.3 is 0 Å². The lowest BCUT2D eigenvalue weighted by Gasteiger charge is -2.23. The number of carbonyl (C=O) groups excluding carboxylic acids is 2. The summed E-state index contributed by atoms with van der Waals surface area (Å²) in [5, 5.41) is 7.41. The fraction of sp³-hybridized carbons (Fsp3) is 0.476. The number of hydrogen-bond donors (Lipinski definition) is 1. The molecule has 0 bridgehead atoms. The van der Waals surface area contributed by atoms with Gasteiger partial charge in [0.15, 0.2) is 5.69 Å². The van der Waals surface area contributed by atoms with E-state index in [1.54, 1.807) is 30.9 Å². The van der Waals surface area contributed by atoms with E-state index < -0.39 is 6.04 Å². The van der Waals surface area contributed by atoms with Gasteiger partial charge in [0.25, 0.3) is 5.91 Å². The highest BCUT2D eigenvalue weighted by Gasteiger charge is 2.30. The average Bonchev–Trinajstić information content (AvgIpc) is 3.23. The predicted octanol–water partition coefficient (Wildman–Crippen LogP) is 2.73. The van der Waals surface area contributed by atoms with Crippen LogP contribution in [-0.2, 0) is 17.6 Å². The van der Waals surface area contributed by atoms with E-state index in [1.807, 2.05) is 13.8 Å². The molecule has 28 heavy (non-hydrogen) atoms. The highest BCUT2D eigenvalue weighted by Crippen LogP contribution is 2.28. The number of rotatable bonds is 6. The number of likely N-dealkylation sites (N-methyl/N-ethyl adjacent to an activating group) is 1. The first-order chi connectivity index (χ1) is 13.3. The molecule has 0 saturated carbocycles. The van der Waals surface area contributed by atoms with Gasteiger partial charge in [0.2, 0.25) is 5.91 Å². The second kappa shape index (κ2) is 8.12. The molecule has 6 nitrogen and oxygen atoms in total. The molecule has 7 heteroatoms. The Kier molecular flexibility index (Phi) is 5.82. The van der Waals surface area contributed by atoms with Crippen LogP contribution in [0.3, 0.4) is 0 Å². The number of halogens is 1. The molecule has 0 aliphatic heterocycles. The molecule has 0 fully saturated rings. The number of hydrogen-bond acceptors (Lipinski definition) is 3. The number of nitrogens with zero attached hydrogens (tertiary/aromatic N) is 3. The van der Waals surface area contributed by atoms with Crippen molar-refractivity contribution in [2.75, 3.05) is 14.1 Å². The van der Waals surface area contributed by atoms with Gasteiger partial charge in [0.1, 0.15) is 11.9 Å². The topological polar surface area (TPSA) is 67.2 Å². The lowest BCUT2D eigenvalue weighted by atomic mass is 10.0. The number of amides is 2. The molecule has 0 unspecified atom stereocenters. The maximum absolute atomic E-state index is 13.3. The van der Waals surface area contributed by atoms with Crippen LogP contribution in [-0.4, -0.2) is 46.6 Å². The first kappa shape index (κ1) is 20.0. The molecule has 1 heterocycles.